The summed E-state index contributed by atoms with van der Waals surface area (Å²) in [6, 6.07) is 18.2. The lowest BCUT2D eigenvalue weighted by molar-refractivity contribution is -0.113. The Morgan fingerprint density at radius 2 is 1.86 bits per heavy atom. The maximum atomic E-state index is 12.3. The molecule has 4 rings (SSSR count). The van der Waals surface area contributed by atoms with Crippen LogP contribution >= 0.6 is 11.8 Å². The molecule has 2 aromatic rings. The van der Waals surface area contributed by atoms with Gasteiger partial charge in [0.2, 0.25) is 0 Å². The molecule has 0 N–H and O–H groups in total. The fraction of sp³-hybridized carbons (Fsp3) is 0.273. The van der Waals surface area contributed by atoms with E-state index in [0.717, 1.165) is 49.2 Å². The lowest BCUT2D eigenvalue weighted by Crippen LogP contribution is -2.47. The number of aliphatic imine (C=N–C) groups is 1. The molecule has 0 aliphatic carbocycles. The predicted octanol–water partition coefficient (Wildman–Crippen LogP) is 3.48. The second-order valence-corrected chi connectivity index (χ2v) is 7.84. The number of hydrogen-bond donors (Lipinski definition) is 0. The Labute approximate surface area is 169 Å². The molecule has 0 saturated carbocycles. The van der Waals surface area contributed by atoms with Gasteiger partial charge in [-0.05, 0) is 41.1 Å². The van der Waals surface area contributed by atoms with Crippen LogP contribution in [0.2, 0.25) is 0 Å². The summed E-state index contributed by atoms with van der Waals surface area (Å²) in [5, 5.41) is 0.818. The number of carbonyl (C=O) groups excluding carboxylic acids is 1. The minimum atomic E-state index is -0.158. The van der Waals surface area contributed by atoms with E-state index in [1.54, 1.807) is 7.11 Å². The molecule has 0 radical (unpaired) electrons. The highest BCUT2D eigenvalue weighted by atomic mass is 32.2. The van der Waals surface area contributed by atoms with Crippen molar-refractivity contribution in [2.24, 2.45) is 4.99 Å². The van der Waals surface area contributed by atoms with Gasteiger partial charge >= 0.3 is 0 Å². The SMILES string of the molecule is COc1cccc(/C=C2\SC(N3CCN(Cc4ccccc4)CC3)=NC2=O)c1. The number of ether oxygens (including phenoxy) is 1. The van der Waals surface area contributed by atoms with Crippen molar-refractivity contribution >= 4 is 28.9 Å². The van der Waals surface area contributed by atoms with Crippen molar-refractivity contribution in [1.29, 1.82) is 0 Å². The Hall–Kier alpha value is -2.57. The molecule has 0 atom stereocenters. The maximum absolute atomic E-state index is 12.3. The molecule has 5 nitrogen and oxygen atoms in total. The molecule has 1 saturated heterocycles. The van der Waals surface area contributed by atoms with Crippen LogP contribution in [0.1, 0.15) is 11.1 Å². The Kier molecular flexibility index (Phi) is 5.78. The molecular weight excluding hydrogens is 370 g/mol. The monoisotopic (exact) mass is 393 g/mol. The summed E-state index contributed by atoms with van der Waals surface area (Å²) in [6.45, 7) is 4.68. The van der Waals surface area contributed by atoms with Crippen LogP contribution in [-0.2, 0) is 11.3 Å². The largest absolute Gasteiger partial charge is 0.497 e. The lowest BCUT2D eigenvalue weighted by Gasteiger charge is -2.35. The highest BCUT2D eigenvalue weighted by molar-refractivity contribution is 8.18. The van der Waals surface area contributed by atoms with Crippen LogP contribution in [0.5, 0.6) is 5.75 Å². The van der Waals surface area contributed by atoms with Crippen molar-refractivity contribution in [3.63, 3.8) is 0 Å². The number of carbonyl (C=O) groups is 1. The molecule has 28 heavy (non-hydrogen) atoms. The number of rotatable bonds is 4. The smallest absolute Gasteiger partial charge is 0.286 e. The Morgan fingerprint density at radius 1 is 1.07 bits per heavy atom. The minimum absolute atomic E-state index is 0.158. The number of piperazine rings is 1. The van der Waals surface area contributed by atoms with Crippen LogP contribution < -0.4 is 4.74 Å². The Balaban J connectivity index is 1.35. The first kappa shape index (κ1) is 18.8. The molecule has 0 spiro atoms. The summed E-state index contributed by atoms with van der Waals surface area (Å²) in [7, 11) is 1.64. The molecule has 144 valence electrons. The molecule has 0 unspecified atom stereocenters. The molecule has 1 fully saturated rings. The Morgan fingerprint density at radius 3 is 2.61 bits per heavy atom. The van der Waals surface area contributed by atoms with E-state index < -0.39 is 0 Å². The van der Waals surface area contributed by atoms with E-state index in [4.69, 9.17) is 4.74 Å². The van der Waals surface area contributed by atoms with Crippen molar-refractivity contribution in [1.82, 2.24) is 9.80 Å². The van der Waals surface area contributed by atoms with E-state index >= 15 is 0 Å². The van der Waals surface area contributed by atoms with E-state index in [1.165, 1.54) is 17.3 Å². The van der Waals surface area contributed by atoms with Gasteiger partial charge in [-0.25, -0.2) is 0 Å². The van der Waals surface area contributed by atoms with Crippen molar-refractivity contribution < 1.29 is 9.53 Å². The first-order valence-electron chi connectivity index (χ1n) is 9.39. The second kappa shape index (κ2) is 8.63. The molecule has 2 aromatic carbocycles. The highest BCUT2D eigenvalue weighted by Crippen LogP contribution is 2.31. The van der Waals surface area contributed by atoms with Gasteiger partial charge in [-0.1, -0.05) is 42.5 Å². The topological polar surface area (TPSA) is 45.1 Å². The van der Waals surface area contributed by atoms with Crippen LogP contribution in [0.4, 0.5) is 0 Å². The molecular formula is C22H23N3O2S. The summed E-state index contributed by atoms with van der Waals surface area (Å²) < 4.78 is 5.25. The van der Waals surface area contributed by atoms with E-state index in [0.29, 0.717) is 4.91 Å². The summed E-state index contributed by atoms with van der Waals surface area (Å²) in [6.07, 6.45) is 1.89. The van der Waals surface area contributed by atoms with Gasteiger partial charge < -0.3 is 9.64 Å². The summed E-state index contributed by atoms with van der Waals surface area (Å²) in [5.41, 5.74) is 2.28. The third-order valence-electron chi connectivity index (χ3n) is 4.89. The van der Waals surface area contributed by atoms with Gasteiger partial charge in [0.1, 0.15) is 5.75 Å². The first-order chi connectivity index (χ1) is 13.7. The van der Waals surface area contributed by atoms with Gasteiger partial charge in [-0.15, -0.1) is 0 Å². The second-order valence-electron chi connectivity index (χ2n) is 6.84. The quantitative estimate of drug-likeness (QED) is 0.744. The van der Waals surface area contributed by atoms with E-state index in [9.17, 15) is 4.79 Å². The van der Waals surface area contributed by atoms with Gasteiger partial charge in [-0.3, -0.25) is 9.69 Å². The number of nitrogens with zero attached hydrogens (tertiary/aromatic N) is 3. The lowest BCUT2D eigenvalue weighted by atomic mass is 10.2. The zero-order chi connectivity index (χ0) is 19.3. The number of benzene rings is 2. The molecule has 2 aliphatic heterocycles. The fourth-order valence-electron chi connectivity index (χ4n) is 3.35. The molecule has 0 aromatic heterocycles. The number of amides is 1. The van der Waals surface area contributed by atoms with Gasteiger partial charge in [0.15, 0.2) is 5.17 Å². The zero-order valence-electron chi connectivity index (χ0n) is 15.9. The highest BCUT2D eigenvalue weighted by Gasteiger charge is 2.28. The standard InChI is InChI=1S/C22H23N3O2S/c1-27-19-9-5-8-18(14-19)15-20-21(26)23-22(28-20)25-12-10-24(11-13-25)16-17-6-3-2-4-7-17/h2-9,14-15H,10-13,16H2,1H3/b20-15-. The van der Waals surface area contributed by atoms with Gasteiger partial charge in [0, 0.05) is 32.7 Å². The number of thioether (sulfide) groups is 1. The van der Waals surface area contributed by atoms with Crippen LogP contribution in [-0.4, -0.2) is 54.2 Å². The Bertz CT molecular complexity index is 903. The predicted molar refractivity (Wildman–Crippen MR) is 114 cm³/mol. The van der Waals surface area contributed by atoms with Crippen LogP contribution in [0.25, 0.3) is 6.08 Å². The molecule has 6 heteroatoms. The number of amidine groups is 1. The first-order valence-corrected chi connectivity index (χ1v) is 10.2. The number of methoxy groups -OCH3 is 1. The van der Waals surface area contributed by atoms with Crippen LogP contribution in [0, 0.1) is 0 Å². The van der Waals surface area contributed by atoms with Gasteiger partial charge in [0.05, 0.1) is 12.0 Å². The summed E-state index contributed by atoms with van der Waals surface area (Å²) >= 11 is 1.47. The van der Waals surface area contributed by atoms with Crippen molar-refractivity contribution in [3.8, 4) is 5.75 Å². The zero-order valence-corrected chi connectivity index (χ0v) is 16.7. The van der Waals surface area contributed by atoms with Crippen molar-refractivity contribution in [2.75, 3.05) is 33.3 Å². The molecule has 2 heterocycles. The van der Waals surface area contributed by atoms with Gasteiger partial charge in [-0.2, -0.15) is 4.99 Å². The maximum Gasteiger partial charge on any atom is 0.286 e. The van der Waals surface area contributed by atoms with Crippen LogP contribution in [0.15, 0.2) is 64.5 Å². The molecule has 1 amide bonds. The third-order valence-corrected chi connectivity index (χ3v) is 5.94. The van der Waals surface area contributed by atoms with E-state index in [2.05, 4.69) is 39.1 Å². The fourth-order valence-corrected chi connectivity index (χ4v) is 4.32. The summed E-state index contributed by atoms with van der Waals surface area (Å²) in [4.78, 5) is 22.0. The number of hydrogen-bond acceptors (Lipinski definition) is 5. The van der Waals surface area contributed by atoms with E-state index in [1.807, 2.05) is 36.4 Å². The average molecular weight is 394 g/mol. The van der Waals surface area contributed by atoms with Crippen molar-refractivity contribution in [2.45, 2.75) is 6.54 Å². The van der Waals surface area contributed by atoms with E-state index in [-0.39, 0.29) is 5.91 Å². The normalized spacial score (nSPS) is 19.2. The molecule has 0 bridgehead atoms. The van der Waals surface area contributed by atoms with Crippen LogP contribution in [0.3, 0.4) is 0 Å². The third kappa shape index (κ3) is 4.46. The van der Waals surface area contributed by atoms with Gasteiger partial charge in [0.25, 0.3) is 5.91 Å². The van der Waals surface area contributed by atoms with Crippen molar-refractivity contribution in [3.05, 3.63) is 70.6 Å². The molecule has 2 aliphatic rings. The average Bonchev–Trinajstić information content (AvgIpc) is 3.10. The summed E-state index contributed by atoms with van der Waals surface area (Å²) in [5.74, 6) is 0.620. The minimum Gasteiger partial charge on any atom is -0.497 e.